The number of hydrogen-bond donors (Lipinski definition) is 3. The van der Waals surface area contributed by atoms with E-state index in [1.807, 2.05) is 13.1 Å². The van der Waals surface area contributed by atoms with Gasteiger partial charge in [0.2, 0.25) is 0 Å². The van der Waals surface area contributed by atoms with Crippen molar-refractivity contribution in [3.8, 4) is 0 Å². The Balaban J connectivity index is 2.92. The first kappa shape index (κ1) is 5.03. The Bertz CT molecular complexity index is 168. The van der Waals surface area contributed by atoms with E-state index in [0.717, 1.165) is 5.69 Å². The van der Waals surface area contributed by atoms with Crippen molar-refractivity contribution in [2.24, 2.45) is 0 Å². The van der Waals surface area contributed by atoms with Crippen LogP contribution in [0.15, 0.2) is 12.3 Å². The predicted molar refractivity (Wildman–Crippen MR) is 34.8 cm³/mol. The van der Waals surface area contributed by atoms with Crippen molar-refractivity contribution >= 4 is 11.5 Å². The van der Waals surface area contributed by atoms with Crippen LogP contribution in [0.3, 0.4) is 0 Å². The van der Waals surface area contributed by atoms with E-state index in [1.54, 1.807) is 6.20 Å². The van der Waals surface area contributed by atoms with Crippen LogP contribution in [0.4, 0.5) is 11.5 Å². The molecule has 0 aromatic carbocycles. The lowest BCUT2D eigenvalue weighted by Crippen LogP contribution is -1.91. The molecule has 1 aromatic rings. The maximum Gasteiger partial charge on any atom is 0.124 e. The van der Waals surface area contributed by atoms with Gasteiger partial charge in [-0.1, -0.05) is 0 Å². The predicted octanol–water partition coefficient (Wildman–Crippen LogP) is 0.639. The number of nitrogen functional groups attached to an aromatic ring is 1. The molecule has 1 aromatic heterocycles. The van der Waals surface area contributed by atoms with Gasteiger partial charge in [-0.15, -0.1) is 0 Å². The summed E-state index contributed by atoms with van der Waals surface area (Å²) in [5.41, 5.74) is 6.38. The Morgan fingerprint density at radius 2 is 2.50 bits per heavy atom. The molecule has 4 N–H and O–H groups in total. The summed E-state index contributed by atoms with van der Waals surface area (Å²) in [4.78, 5) is 2.83. The molecule has 0 radical (unpaired) electrons. The van der Waals surface area contributed by atoms with Gasteiger partial charge in [-0.3, -0.25) is 0 Å². The quantitative estimate of drug-likeness (QED) is 0.498. The minimum absolute atomic E-state index is 0.688. The Kier molecular flexibility index (Phi) is 1.12. The van der Waals surface area contributed by atoms with Gasteiger partial charge in [0.25, 0.3) is 0 Å². The maximum absolute atomic E-state index is 5.43. The fourth-order valence-corrected chi connectivity index (χ4v) is 0.600. The minimum Gasteiger partial charge on any atom is -0.385 e. The Hall–Kier alpha value is -1.12. The zero-order chi connectivity index (χ0) is 5.98. The second-order valence-corrected chi connectivity index (χ2v) is 1.56. The molecule has 0 aliphatic carbocycles. The van der Waals surface area contributed by atoms with Crippen LogP contribution in [-0.2, 0) is 0 Å². The highest BCUT2D eigenvalue weighted by molar-refractivity contribution is 5.61. The Labute approximate surface area is 47.9 Å². The lowest BCUT2D eigenvalue weighted by Gasteiger charge is -1.93. The average Bonchev–Trinajstić information content (AvgIpc) is 2.14. The zero-order valence-electron chi connectivity index (χ0n) is 4.73. The first-order chi connectivity index (χ1) is 3.84. The molecule has 0 spiro atoms. The first-order valence-corrected chi connectivity index (χ1v) is 2.45. The monoisotopic (exact) mass is 111 g/mol. The molecule has 0 saturated carbocycles. The van der Waals surface area contributed by atoms with Crippen LogP contribution >= 0.6 is 0 Å². The number of H-pyrrole nitrogens is 1. The van der Waals surface area contributed by atoms with E-state index in [1.165, 1.54) is 0 Å². The summed E-state index contributed by atoms with van der Waals surface area (Å²) in [7, 11) is 1.83. The van der Waals surface area contributed by atoms with Gasteiger partial charge in [0.05, 0.1) is 5.69 Å². The highest BCUT2D eigenvalue weighted by Crippen LogP contribution is 2.12. The third kappa shape index (κ3) is 0.621. The second kappa shape index (κ2) is 1.78. The van der Waals surface area contributed by atoms with Gasteiger partial charge in [-0.2, -0.15) is 0 Å². The van der Waals surface area contributed by atoms with Crippen LogP contribution in [0.2, 0.25) is 0 Å². The van der Waals surface area contributed by atoms with E-state index in [9.17, 15) is 0 Å². The van der Waals surface area contributed by atoms with Crippen LogP contribution in [0, 0.1) is 0 Å². The molecule has 1 heterocycles. The molecule has 0 atom stereocenters. The van der Waals surface area contributed by atoms with Gasteiger partial charge in [0, 0.05) is 13.2 Å². The SMILES string of the molecule is CNc1cc[nH]c1N. The van der Waals surface area contributed by atoms with Gasteiger partial charge >= 0.3 is 0 Å². The smallest absolute Gasteiger partial charge is 0.124 e. The van der Waals surface area contributed by atoms with Crippen LogP contribution < -0.4 is 11.1 Å². The summed E-state index contributed by atoms with van der Waals surface area (Å²) >= 11 is 0. The van der Waals surface area contributed by atoms with Gasteiger partial charge in [-0.25, -0.2) is 0 Å². The molecule has 1 rings (SSSR count). The average molecular weight is 111 g/mol. The van der Waals surface area contributed by atoms with Gasteiger partial charge in [0.15, 0.2) is 0 Å². The fourth-order valence-electron chi connectivity index (χ4n) is 0.600. The van der Waals surface area contributed by atoms with Crippen LogP contribution in [0.5, 0.6) is 0 Å². The molecular weight excluding hydrogens is 102 g/mol. The third-order valence-electron chi connectivity index (χ3n) is 1.05. The van der Waals surface area contributed by atoms with Crippen molar-refractivity contribution in [3.63, 3.8) is 0 Å². The summed E-state index contributed by atoms with van der Waals surface area (Å²) in [5, 5.41) is 2.92. The number of aromatic nitrogens is 1. The van der Waals surface area contributed by atoms with Crippen molar-refractivity contribution in [1.82, 2.24) is 4.98 Å². The number of nitrogens with two attached hydrogens (primary N) is 1. The first-order valence-electron chi connectivity index (χ1n) is 2.45. The molecule has 3 heteroatoms. The molecule has 0 unspecified atom stereocenters. The third-order valence-corrected chi connectivity index (χ3v) is 1.05. The number of anilines is 2. The topological polar surface area (TPSA) is 53.8 Å². The minimum atomic E-state index is 0.688. The molecule has 8 heavy (non-hydrogen) atoms. The standard InChI is InChI=1S/C5H9N3/c1-7-4-2-3-8-5(4)6/h2-3,7-8H,6H2,1H3. The number of rotatable bonds is 1. The van der Waals surface area contributed by atoms with Crippen LogP contribution in [0.25, 0.3) is 0 Å². The van der Waals surface area contributed by atoms with Crippen LogP contribution in [0.1, 0.15) is 0 Å². The molecule has 0 fully saturated rings. The van der Waals surface area contributed by atoms with E-state index < -0.39 is 0 Å². The van der Waals surface area contributed by atoms with E-state index in [0.29, 0.717) is 5.82 Å². The molecule has 0 aliphatic rings. The van der Waals surface area contributed by atoms with Gasteiger partial charge in [-0.05, 0) is 6.07 Å². The van der Waals surface area contributed by atoms with Crippen molar-refractivity contribution in [3.05, 3.63) is 12.3 Å². The molecule has 0 amide bonds. The number of nitrogens with one attached hydrogen (secondary N) is 2. The normalized spacial score (nSPS) is 9.12. The lowest BCUT2D eigenvalue weighted by atomic mass is 10.5. The summed E-state index contributed by atoms with van der Waals surface area (Å²) in [6.45, 7) is 0. The lowest BCUT2D eigenvalue weighted by molar-refractivity contribution is 1.41. The summed E-state index contributed by atoms with van der Waals surface area (Å²) in [5.74, 6) is 0.688. The fraction of sp³-hybridized carbons (Fsp3) is 0.200. The molecule has 0 bridgehead atoms. The summed E-state index contributed by atoms with van der Waals surface area (Å²) in [6.07, 6.45) is 1.79. The maximum atomic E-state index is 5.43. The van der Waals surface area contributed by atoms with E-state index in [-0.39, 0.29) is 0 Å². The van der Waals surface area contributed by atoms with Crippen molar-refractivity contribution in [2.75, 3.05) is 18.1 Å². The van der Waals surface area contributed by atoms with Crippen molar-refractivity contribution in [2.45, 2.75) is 0 Å². The molecular formula is C5H9N3. The highest BCUT2D eigenvalue weighted by Gasteiger charge is 1.91. The largest absolute Gasteiger partial charge is 0.385 e. The van der Waals surface area contributed by atoms with E-state index >= 15 is 0 Å². The molecule has 3 nitrogen and oxygen atoms in total. The van der Waals surface area contributed by atoms with Gasteiger partial charge in [0.1, 0.15) is 5.82 Å². The zero-order valence-corrected chi connectivity index (χ0v) is 4.73. The Morgan fingerprint density at radius 3 is 2.75 bits per heavy atom. The van der Waals surface area contributed by atoms with E-state index in [2.05, 4.69) is 10.3 Å². The molecule has 0 saturated heterocycles. The Morgan fingerprint density at radius 1 is 1.75 bits per heavy atom. The summed E-state index contributed by atoms with van der Waals surface area (Å²) < 4.78 is 0. The molecule has 44 valence electrons. The summed E-state index contributed by atoms with van der Waals surface area (Å²) in [6, 6.07) is 1.88. The van der Waals surface area contributed by atoms with E-state index in [4.69, 9.17) is 5.73 Å². The second-order valence-electron chi connectivity index (χ2n) is 1.56. The van der Waals surface area contributed by atoms with Crippen molar-refractivity contribution < 1.29 is 0 Å². The van der Waals surface area contributed by atoms with Gasteiger partial charge < -0.3 is 16.0 Å². The number of hydrogen-bond acceptors (Lipinski definition) is 2. The van der Waals surface area contributed by atoms with Crippen molar-refractivity contribution in [1.29, 1.82) is 0 Å². The van der Waals surface area contributed by atoms with Crippen LogP contribution in [-0.4, -0.2) is 12.0 Å². The highest BCUT2D eigenvalue weighted by atomic mass is 14.9. The molecule has 0 aliphatic heterocycles. The number of aromatic amines is 1.